The van der Waals surface area contributed by atoms with E-state index in [0.717, 1.165) is 213 Å². The van der Waals surface area contributed by atoms with Crippen LogP contribution in [0.1, 0.15) is 133 Å². The molecule has 0 saturated carbocycles. The molecule has 12 amide bonds. The second-order valence-electron chi connectivity index (χ2n) is 33.9. The zero-order valence-electron chi connectivity index (χ0n) is 72.4. The van der Waals surface area contributed by atoms with Crippen LogP contribution in [0.2, 0.25) is 0 Å². The number of benzene rings is 5. The summed E-state index contributed by atoms with van der Waals surface area (Å²) >= 11 is 0. The van der Waals surface area contributed by atoms with Crippen LogP contribution in [-0.2, 0) is 46.6 Å². The summed E-state index contributed by atoms with van der Waals surface area (Å²) < 4.78 is 12.3. The van der Waals surface area contributed by atoms with Gasteiger partial charge in [0.05, 0.1) is 52.9 Å². The van der Waals surface area contributed by atoms with Crippen LogP contribution in [0.4, 0.5) is 21.0 Å². The fourth-order valence-electron chi connectivity index (χ4n) is 18.9. The van der Waals surface area contributed by atoms with Crippen molar-refractivity contribution in [3.63, 3.8) is 0 Å². The number of hydrogen-bond acceptors (Lipinski definition) is 18. The number of morpholine rings is 1. The minimum atomic E-state index is -0.166. The van der Waals surface area contributed by atoms with Crippen molar-refractivity contribution in [3.05, 3.63) is 198 Å². The van der Waals surface area contributed by atoms with Gasteiger partial charge in [-0.1, -0.05) is 66.7 Å². The number of para-hydroxylation sites is 2. The number of hydrogen-bond donors (Lipinski definition) is 6. The van der Waals surface area contributed by atoms with Gasteiger partial charge in [-0.25, -0.2) is 38.7 Å². The van der Waals surface area contributed by atoms with Gasteiger partial charge in [-0.15, -0.1) is 0 Å². The number of nitrogens with zero attached hydrogens (tertiary/aromatic N) is 17. The molecule has 38 nitrogen and oxygen atoms in total. The van der Waals surface area contributed by atoms with Crippen molar-refractivity contribution in [1.82, 2.24) is 102 Å². The molecule has 0 bridgehead atoms. The van der Waals surface area contributed by atoms with Crippen molar-refractivity contribution < 1.29 is 52.7 Å². The minimum absolute atomic E-state index is 0.0119. The van der Waals surface area contributed by atoms with Crippen molar-refractivity contribution >= 4 is 107 Å². The van der Waals surface area contributed by atoms with E-state index in [4.69, 9.17) is 4.74 Å². The molecule has 129 heavy (non-hydrogen) atoms. The highest BCUT2D eigenvalue weighted by atomic mass is 16.5. The van der Waals surface area contributed by atoms with Gasteiger partial charge in [0.1, 0.15) is 11.8 Å². The number of imidazole rings is 4. The molecule has 680 valence electrons. The van der Waals surface area contributed by atoms with Crippen LogP contribution in [-0.4, -0.2) is 310 Å². The number of anilines is 2. The lowest BCUT2D eigenvalue weighted by atomic mass is 10.0. The predicted molar refractivity (Wildman–Crippen MR) is 481 cm³/mol. The maximum absolute atomic E-state index is 12.8. The quantitative estimate of drug-likeness (QED) is 0.0675. The van der Waals surface area contributed by atoms with Crippen LogP contribution in [0.5, 0.6) is 0 Å². The number of carbonyl (C=O) groups excluding carboxylic acids is 10. The number of ether oxygens (including phenoxy) is 1. The van der Waals surface area contributed by atoms with Crippen molar-refractivity contribution in [1.29, 1.82) is 0 Å². The molecule has 10 aliphatic heterocycles. The molecule has 0 spiro atoms. The number of amides is 12. The van der Waals surface area contributed by atoms with Gasteiger partial charge in [0.15, 0.2) is 5.65 Å². The molecule has 15 heterocycles. The smallest absolute Gasteiger partial charge is 0.327 e. The summed E-state index contributed by atoms with van der Waals surface area (Å²) in [4.78, 5) is 203. The normalized spacial score (nSPS) is 18.7. The van der Waals surface area contributed by atoms with E-state index < -0.39 is 0 Å². The Balaban J connectivity index is 0.000000120. The molecule has 8 saturated heterocycles. The highest BCUT2D eigenvalue weighted by Crippen LogP contribution is 2.34. The van der Waals surface area contributed by atoms with Crippen LogP contribution < -0.4 is 38.3 Å². The zero-order chi connectivity index (χ0) is 90.0. The van der Waals surface area contributed by atoms with Crippen molar-refractivity contribution in [2.75, 3.05) is 148 Å². The first-order chi connectivity index (χ1) is 62.9. The average molecular weight is 1770 g/mol. The Hall–Kier alpha value is -13.8. The number of aromatic amines is 4. The number of nitrogens with one attached hydrogen (secondary N) is 6. The lowest BCUT2D eigenvalue weighted by Crippen LogP contribution is -2.53. The van der Waals surface area contributed by atoms with Crippen molar-refractivity contribution in [2.24, 2.45) is 0 Å². The number of piperidine rings is 6. The van der Waals surface area contributed by atoms with Gasteiger partial charge in [0, 0.05) is 190 Å². The average Bonchev–Trinajstić information content (AvgIpc) is 1.62. The predicted octanol–water partition coefficient (Wildman–Crippen LogP) is 5.65. The third kappa shape index (κ3) is 21.1. The number of urea groups is 2. The first-order valence-corrected chi connectivity index (χ1v) is 44.5. The molecule has 10 aliphatic rings. The molecule has 0 aliphatic carbocycles. The van der Waals surface area contributed by atoms with E-state index in [1.165, 1.54) is 6.33 Å². The maximum atomic E-state index is 12.8. The maximum Gasteiger partial charge on any atom is 0.327 e. The van der Waals surface area contributed by atoms with Gasteiger partial charge in [-0.2, -0.15) is 0 Å². The Morgan fingerprint density at radius 2 is 0.845 bits per heavy atom. The SMILES string of the molecule is CN1CCN(C(=O)c2ccc3c(c2)[nH]c(=O)n3C2CCN(C=O)CC2)CC1.O=CN1CCC(N2C(=O)NCc3ccccc32)CC1.O=CN1CCC(N2Cc3ccccc3NC2=O)CC1.O=CN1CCC(n2c(-c3ccccc3)c[nH]c2=O)CC1.O=CN1CCC(n2c(=O)[nH]c3cc(C(=O)N4CCOCC4)ccc32)CC1.O=CN1CCC(n2c(=O)[nH]c3cncnc32)CC1. The fourth-order valence-corrected chi connectivity index (χ4v) is 18.9. The minimum Gasteiger partial charge on any atom is -0.378 e. The lowest BCUT2D eigenvalue weighted by molar-refractivity contribution is -0.120. The summed E-state index contributed by atoms with van der Waals surface area (Å²) in [5, 5.41) is 5.85. The topological polar surface area (TPSA) is 417 Å². The van der Waals surface area contributed by atoms with E-state index in [-0.39, 0.29) is 82.9 Å². The molecule has 8 fully saturated rings. The number of H-pyrrole nitrogens is 4. The highest BCUT2D eigenvalue weighted by Gasteiger charge is 2.36. The molecular formula is C91H111N23O15. The number of carbonyl (C=O) groups is 10. The summed E-state index contributed by atoms with van der Waals surface area (Å²) in [6, 6.07) is 37.4. The van der Waals surface area contributed by atoms with Gasteiger partial charge in [0.25, 0.3) is 11.8 Å². The molecule has 0 unspecified atom stereocenters. The Morgan fingerprint density at radius 1 is 0.419 bits per heavy atom. The van der Waals surface area contributed by atoms with E-state index in [0.29, 0.717) is 125 Å². The Bertz CT molecular complexity index is 5830. The molecule has 5 aromatic carbocycles. The summed E-state index contributed by atoms with van der Waals surface area (Å²) in [5.74, 6) is -0.0269. The molecular weight excluding hydrogens is 1660 g/mol. The lowest BCUT2D eigenvalue weighted by Gasteiger charge is -2.40. The number of fused-ring (bicyclic) bond motifs is 5. The number of aromatic nitrogens is 10. The van der Waals surface area contributed by atoms with Gasteiger partial charge in [-0.3, -0.25) is 61.5 Å². The summed E-state index contributed by atoms with van der Waals surface area (Å²) in [5.41, 5.74) is 11.1. The molecule has 5 aromatic heterocycles. The van der Waals surface area contributed by atoms with Crippen LogP contribution in [0, 0.1) is 0 Å². The molecule has 6 N–H and O–H groups in total. The number of piperazine rings is 1. The summed E-state index contributed by atoms with van der Waals surface area (Å²) in [6.45, 7) is 15.1. The third-order valence-electron chi connectivity index (χ3n) is 26.2. The first kappa shape index (κ1) is 90.0. The highest BCUT2D eigenvalue weighted by molar-refractivity contribution is 5.99. The number of likely N-dealkylation sites (tertiary alicyclic amines) is 6. The monoisotopic (exact) mass is 1770 g/mol. The Kier molecular flexibility index (Phi) is 29.5. The van der Waals surface area contributed by atoms with Gasteiger partial charge >= 0.3 is 34.8 Å². The van der Waals surface area contributed by atoms with Gasteiger partial charge in [0.2, 0.25) is 38.5 Å². The molecule has 10 aromatic rings. The standard InChI is InChI=1S/C19H25N5O3.C18H22N4O4.C15H17N3O2.2C14H17N3O2.C11H13N5O2/c1-21-8-10-23(11-9-21)18(26)14-2-3-17-16(12-14)20-19(27)24(17)15-4-6-22(13-25)7-5-15;23-12-20-5-3-14(4-6-20)22-16-2-1-13(11-15(16)19-18(22)25)17(24)21-7-9-26-10-8-21;19-11-17-8-6-13(7-9-17)18-14(10-16-15(18)20)12-4-2-1-3-5-12;18-10-16-7-5-12(6-8-16)17-9-11-3-1-2-4-13(11)15-14(17)19;18-10-16-7-5-12(6-8-16)17-13-4-2-1-3-11(13)9-15-14(17)19;17-7-15-3-1-8(2-4-15)16-10-9(14-11(16)18)5-12-6-13-10/h2-3,12-13,15H,4-11H2,1H3,(H,20,27);1-2,11-12,14H,3-10H2,(H,19,25);1-5,10-11,13H,6-9H2,(H,16,20);2*1-4,10,12H,5-9H2,(H,15,19);5-8H,1-4H2,(H,14,18). The molecule has 0 atom stereocenters. The van der Waals surface area contributed by atoms with Crippen molar-refractivity contribution in [2.45, 2.75) is 126 Å². The third-order valence-corrected chi connectivity index (χ3v) is 26.2. The summed E-state index contributed by atoms with van der Waals surface area (Å²) in [6.07, 6.45) is 19.6. The first-order valence-electron chi connectivity index (χ1n) is 44.5. The zero-order valence-corrected chi connectivity index (χ0v) is 72.4. The Morgan fingerprint density at radius 3 is 1.35 bits per heavy atom. The molecule has 0 radical (unpaired) electrons. The summed E-state index contributed by atoms with van der Waals surface area (Å²) in [7, 11) is 2.06. The largest absolute Gasteiger partial charge is 0.378 e. The van der Waals surface area contributed by atoms with Crippen LogP contribution in [0.3, 0.4) is 0 Å². The molecule has 38 heteroatoms. The van der Waals surface area contributed by atoms with Crippen LogP contribution >= 0.6 is 0 Å². The van der Waals surface area contributed by atoms with E-state index in [1.54, 1.807) is 78.6 Å². The van der Waals surface area contributed by atoms with E-state index >= 15 is 0 Å². The second-order valence-corrected chi connectivity index (χ2v) is 33.9. The van der Waals surface area contributed by atoms with E-state index in [2.05, 4.69) is 52.5 Å². The fraction of sp³-hybridized carbons (Fsp3) is 0.451. The second kappa shape index (κ2) is 42.2. The van der Waals surface area contributed by atoms with Crippen LogP contribution in [0.25, 0.3) is 44.5 Å². The van der Waals surface area contributed by atoms with Crippen LogP contribution in [0.15, 0.2) is 153 Å². The van der Waals surface area contributed by atoms with E-state index in [9.17, 15) is 67.1 Å². The van der Waals surface area contributed by atoms with E-state index in [1.807, 2.05) is 116 Å². The molecule has 20 rings (SSSR count). The van der Waals surface area contributed by atoms with Crippen molar-refractivity contribution in [3.8, 4) is 11.3 Å². The number of rotatable bonds is 15. The Labute approximate surface area is 742 Å². The van der Waals surface area contributed by atoms with Gasteiger partial charge in [-0.05, 0) is 149 Å². The van der Waals surface area contributed by atoms with Gasteiger partial charge < -0.3 is 84.3 Å². The number of likely N-dealkylation sites (N-methyl/N-ethyl adjacent to an activating group) is 1.